The molecule has 1 unspecified atom stereocenters. The predicted molar refractivity (Wildman–Crippen MR) is 116 cm³/mol. The molecule has 1 aromatic rings. The zero-order valence-corrected chi connectivity index (χ0v) is 18.4. The first kappa shape index (κ1) is 28.9. The lowest BCUT2D eigenvalue weighted by atomic mass is 9.98. The maximum Gasteiger partial charge on any atom is 0.204 e. The number of piperazine rings is 1. The molecule has 1 heterocycles. The molecular formula is C21H37FN4O3. The van der Waals surface area contributed by atoms with Gasteiger partial charge in [-0.2, -0.15) is 0 Å². The van der Waals surface area contributed by atoms with Gasteiger partial charge < -0.3 is 30.4 Å². The Bertz CT molecular complexity index is 549. The molecule has 1 aliphatic heterocycles. The second-order valence-corrected chi connectivity index (χ2v) is 6.55. The monoisotopic (exact) mass is 412 g/mol. The summed E-state index contributed by atoms with van der Waals surface area (Å²) in [7, 11) is 6.03. The Morgan fingerprint density at radius 1 is 1.14 bits per heavy atom. The summed E-state index contributed by atoms with van der Waals surface area (Å²) in [4.78, 5) is 32.8. The number of likely N-dealkylation sites (N-methyl/N-ethyl adjacent to an activating group) is 2. The van der Waals surface area contributed by atoms with Gasteiger partial charge in [0, 0.05) is 39.1 Å². The first-order valence-electron chi connectivity index (χ1n) is 9.66. The van der Waals surface area contributed by atoms with E-state index in [1.807, 2.05) is 13.0 Å². The molecule has 1 atom stereocenters. The van der Waals surface area contributed by atoms with E-state index in [4.69, 9.17) is 9.59 Å². The fourth-order valence-corrected chi connectivity index (χ4v) is 2.39. The number of benzene rings is 1. The lowest BCUT2D eigenvalue weighted by Gasteiger charge is -2.28. The quantitative estimate of drug-likeness (QED) is 0.716. The highest BCUT2D eigenvalue weighted by atomic mass is 19.1. The molecule has 0 bridgehead atoms. The zero-order chi connectivity index (χ0) is 22.7. The number of nitrogens with zero attached hydrogens (tertiary/aromatic N) is 2. The third-order valence-electron chi connectivity index (χ3n) is 4.24. The first-order chi connectivity index (χ1) is 13.8. The molecule has 1 saturated heterocycles. The minimum absolute atomic E-state index is 0.00941. The molecule has 1 aromatic carbocycles. The van der Waals surface area contributed by atoms with E-state index in [9.17, 15) is 9.18 Å². The highest BCUT2D eigenvalue weighted by molar-refractivity contribution is 5.54. The van der Waals surface area contributed by atoms with Crippen molar-refractivity contribution in [1.82, 2.24) is 9.80 Å². The maximum atomic E-state index is 13.4. The fraction of sp³-hybridized carbons (Fsp3) is 0.571. The molecule has 0 radical (unpaired) electrons. The van der Waals surface area contributed by atoms with Crippen molar-refractivity contribution in [3.05, 3.63) is 29.6 Å². The van der Waals surface area contributed by atoms with Crippen molar-refractivity contribution < 1.29 is 18.8 Å². The molecule has 1 fully saturated rings. The summed E-state index contributed by atoms with van der Waals surface area (Å²) in [5.74, 6) is -0.277. The predicted octanol–water partition coefficient (Wildman–Crippen LogP) is 1.81. The average Bonchev–Trinajstić information content (AvgIpc) is 2.70. The molecule has 166 valence electrons. The molecule has 0 spiro atoms. The molecule has 1 aliphatic rings. The number of nitrogens with one attached hydrogen (secondary N) is 1. The molecule has 29 heavy (non-hydrogen) atoms. The third kappa shape index (κ3) is 15.3. The van der Waals surface area contributed by atoms with Gasteiger partial charge in [-0.3, -0.25) is 4.79 Å². The van der Waals surface area contributed by atoms with Crippen molar-refractivity contribution in [2.24, 2.45) is 11.7 Å². The Balaban J connectivity index is 0. The van der Waals surface area contributed by atoms with Gasteiger partial charge in [0.15, 0.2) is 0 Å². The number of rotatable bonds is 5. The number of primary amides is 1. The number of aldehydes is 2. The van der Waals surface area contributed by atoms with Crippen molar-refractivity contribution >= 4 is 24.7 Å². The van der Waals surface area contributed by atoms with Crippen LogP contribution in [-0.2, 0) is 20.8 Å². The lowest BCUT2D eigenvalue weighted by Crippen LogP contribution is -2.42. The number of carbonyl (C=O) groups excluding carboxylic acids is 3. The second kappa shape index (κ2) is 19.0. The molecular weight excluding hydrogens is 375 g/mol. The SMILES string of the molecule is CC=O.CCC(C=O)Cc1ccc(NC)c(F)c1.CN1CCN(C)CC1.NC=O. The van der Waals surface area contributed by atoms with Gasteiger partial charge in [0.1, 0.15) is 18.4 Å². The summed E-state index contributed by atoms with van der Waals surface area (Å²) in [6, 6.07) is 5.03. The van der Waals surface area contributed by atoms with Crippen LogP contribution in [0.4, 0.5) is 10.1 Å². The average molecular weight is 413 g/mol. The smallest absolute Gasteiger partial charge is 0.204 e. The Morgan fingerprint density at radius 3 is 1.90 bits per heavy atom. The third-order valence-corrected chi connectivity index (χ3v) is 4.24. The van der Waals surface area contributed by atoms with Crippen LogP contribution >= 0.6 is 0 Å². The van der Waals surface area contributed by atoms with Gasteiger partial charge in [-0.15, -0.1) is 0 Å². The molecule has 3 N–H and O–H groups in total. The summed E-state index contributed by atoms with van der Waals surface area (Å²) < 4.78 is 13.4. The van der Waals surface area contributed by atoms with Crippen molar-refractivity contribution in [2.45, 2.75) is 26.7 Å². The van der Waals surface area contributed by atoms with Crippen LogP contribution in [0.5, 0.6) is 0 Å². The minimum Gasteiger partial charge on any atom is -0.386 e. The van der Waals surface area contributed by atoms with Crippen LogP contribution in [-0.4, -0.2) is 76.1 Å². The van der Waals surface area contributed by atoms with E-state index >= 15 is 0 Å². The van der Waals surface area contributed by atoms with Crippen molar-refractivity contribution in [2.75, 3.05) is 52.6 Å². The molecule has 1 amide bonds. The van der Waals surface area contributed by atoms with E-state index in [-0.39, 0.29) is 18.1 Å². The lowest BCUT2D eigenvalue weighted by molar-refractivity contribution is -0.111. The molecule has 0 saturated carbocycles. The summed E-state index contributed by atoms with van der Waals surface area (Å²) in [6.07, 6.45) is 3.34. The van der Waals surface area contributed by atoms with Crippen molar-refractivity contribution in [3.8, 4) is 0 Å². The van der Waals surface area contributed by atoms with Crippen LogP contribution in [0.3, 0.4) is 0 Å². The van der Waals surface area contributed by atoms with Gasteiger partial charge in [-0.05, 0) is 51.6 Å². The van der Waals surface area contributed by atoms with Crippen LogP contribution in [0.1, 0.15) is 25.8 Å². The molecule has 2 rings (SSSR count). The van der Waals surface area contributed by atoms with Gasteiger partial charge in [0.25, 0.3) is 0 Å². The van der Waals surface area contributed by atoms with Crippen LogP contribution in [0.2, 0.25) is 0 Å². The molecule has 0 aromatic heterocycles. The summed E-state index contributed by atoms with van der Waals surface area (Å²) in [5, 5.41) is 2.76. The Kier molecular flexibility index (Phi) is 18.9. The topological polar surface area (TPSA) is 95.7 Å². The maximum absolute atomic E-state index is 13.4. The largest absolute Gasteiger partial charge is 0.386 e. The van der Waals surface area contributed by atoms with Gasteiger partial charge in [0.05, 0.1) is 5.69 Å². The summed E-state index contributed by atoms with van der Waals surface area (Å²) in [6.45, 7) is 8.33. The number of amides is 1. The molecule has 7 nitrogen and oxygen atoms in total. The highest BCUT2D eigenvalue weighted by Crippen LogP contribution is 2.17. The van der Waals surface area contributed by atoms with Crippen LogP contribution in [0.15, 0.2) is 18.2 Å². The van der Waals surface area contributed by atoms with Crippen LogP contribution in [0.25, 0.3) is 0 Å². The Morgan fingerprint density at radius 2 is 1.59 bits per heavy atom. The summed E-state index contributed by atoms with van der Waals surface area (Å²) >= 11 is 0. The van der Waals surface area contributed by atoms with Crippen molar-refractivity contribution in [3.63, 3.8) is 0 Å². The van der Waals surface area contributed by atoms with Crippen LogP contribution < -0.4 is 11.1 Å². The number of hydrogen-bond donors (Lipinski definition) is 2. The number of hydrogen-bond acceptors (Lipinski definition) is 6. The Labute approximate surface area is 174 Å². The van der Waals surface area contributed by atoms with Gasteiger partial charge in [0.2, 0.25) is 6.41 Å². The zero-order valence-electron chi connectivity index (χ0n) is 18.4. The second-order valence-electron chi connectivity index (χ2n) is 6.55. The number of anilines is 1. The number of halogens is 1. The van der Waals surface area contributed by atoms with Gasteiger partial charge in [-0.25, -0.2) is 4.39 Å². The standard InChI is InChI=1S/C12H16FNO.C6H14N2.C2H4O.CH3NO/c1-3-9(8-15)6-10-4-5-12(14-2)11(13)7-10;1-7-3-5-8(2)6-4-7;1-2-3;2-1-3/h4-5,7-9,14H,3,6H2,1-2H3;3-6H2,1-2H3;2H,1H3;1H,(H2,2,3). The minimum atomic E-state index is -0.268. The summed E-state index contributed by atoms with van der Waals surface area (Å²) in [5.41, 5.74) is 5.52. The van der Waals surface area contributed by atoms with Crippen LogP contribution in [0, 0.1) is 11.7 Å². The van der Waals surface area contributed by atoms with E-state index in [2.05, 4.69) is 34.9 Å². The van der Waals surface area contributed by atoms with E-state index in [1.54, 1.807) is 13.1 Å². The van der Waals surface area contributed by atoms with E-state index in [0.717, 1.165) is 24.6 Å². The Hall–Kier alpha value is -2.32. The fourth-order valence-electron chi connectivity index (χ4n) is 2.39. The number of nitrogens with two attached hydrogens (primary N) is 1. The van der Waals surface area contributed by atoms with Gasteiger partial charge >= 0.3 is 0 Å². The van der Waals surface area contributed by atoms with Crippen molar-refractivity contribution in [1.29, 1.82) is 0 Å². The van der Waals surface area contributed by atoms with E-state index in [0.29, 0.717) is 12.1 Å². The van der Waals surface area contributed by atoms with E-state index in [1.165, 1.54) is 39.2 Å². The number of carbonyl (C=O) groups is 3. The normalized spacial score (nSPS) is 14.4. The van der Waals surface area contributed by atoms with E-state index < -0.39 is 0 Å². The molecule has 0 aliphatic carbocycles. The van der Waals surface area contributed by atoms with Gasteiger partial charge in [-0.1, -0.05) is 13.0 Å². The highest BCUT2D eigenvalue weighted by Gasteiger charge is 2.08. The first-order valence-corrected chi connectivity index (χ1v) is 9.66. The molecule has 8 heteroatoms.